The fraction of sp³-hybridized carbons (Fsp3) is 0.550. The van der Waals surface area contributed by atoms with Crippen LogP contribution in [0.5, 0.6) is 5.75 Å². The summed E-state index contributed by atoms with van der Waals surface area (Å²) in [6, 6.07) is 8.07. The van der Waals surface area contributed by atoms with Crippen molar-refractivity contribution in [1.29, 1.82) is 0 Å². The number of aliphatic hydroxyl groups excluding tert-OH is 1. The van der Waals surface area contributed by atoms with Crippen molar-refractivity contribution in [3.05, 3.63) is 36.0 Å². The standard InChI is InChI=1S/C20H26N2O2/c1-3-13-12-22-9-7-14(13)10-19(22)20(23)16-6-8-21-18-5-4-15(24-2)11-17(16)18/h4-6,8,11,13-14,19-20,23H,3,7,9-10,12H2,1-2H3/t13-,14-,19+,20-/m0/s1. The molecule has 5 atom stereocenters. The maximum Gasteiger partial charge on any atom is 0.119 e. The summed E-state index contributed by atoms with van der Waals surface area (Å²) in [5.74, 6) is 2.37. The van der Waals surface area contributed by atoms with E-state index in [1.165, 1.54) is 12.8 Å². The normalized spacial score (nSPS) is 30.5. The smallest absolute Gasteiger partial charge is 0.119 e. The molecule has 4 heteroatoms. The SMILES string of the molecule is CC[C@H]1CN2CC[C@H]1C[C@@H]2[C@@H](O)c1ccnc2ccc(OC)cc12. The fourth-order valence-corrected chi connectivity index (χ4v) is 4.71. The van der Waals surface area contributed by atoms with E-state index >= 15 is 0 Å². The average Bonchev–Trinajstić information content (AvgIpc) is 2.66. The van der Waals surface area contributed by atoms with E-state index in [9.17, 15) is 5.11 Å². The Balaban J connectivity index is 1.68. The third-order valence-electron chi connectivity index (χ3n) is 6.13. The molecule has 3 fully saturated rings. The van der Waals surface area contributed by atoms with Gasteiger partial charge in [-0.3, -0.25) is 9.88 Å². The quantitative estimate of drug-likeness (QED) is 0.935. The van der Waals surface area contributed by atoms with E-state index in [-0.39, 0.29) is 6.04 Å². The van der Waals surface area contributed by atoms with Crippen LogP contribution in [0.2, 0.25) is 0 Å². The van der Waals surface area contributed by atoms with Crippen LogP contribution in [0.25, 0.3) is 10.9 Å². The highest BCUT2D eigenvalue weighted by molar-refractivity contribution is 5.83. The predicted molar refractivity (Wildman–Crippen MR) is 95.1 cm³/mol. The molecule has 3 aliphatic heterocycles. The topological polar surface area (TPSA) is 45.6 Å². The summed E-state index contributed by atoms with van der Waals surface area (Å²) in [6.45, 7) is 4.55. The summed E-state index contributed by atoms with van der Waals surface area (Å²) in [5, 5.41) is 12.2. The number of aromatic nitrogens is 1. The molecule has 2 bridgehead atoms. The molecule has 1 aromatic carbocycles. The lowest BCUT2D eigenvalue weighted by Crippen LogP contribution is -2.55. The number of benzene rings is 1. The monoisotopic (exact) mass is 326 g/mol. The molecule has 1 N–H and O–H groups in total. The molecule has 0 radical (unpaired) electrons. The Bertz CT molecular complexity index is 733. The average molecular weight is 326 g/mol. The van der Waals surface area contributed by atoms with Gasteiger partial charge < -0.3 is 9.84 Å². The molecule has 3 saturated heterocycles. The first-order valence-corrected chi connectivity index (χ1v) is 9.06. The lowest BCUT2D eigenvalue weighted by Gasteiger charge is -2.51. The summed E-state index contributed by atoms with van der Waals surface area (Å²) < 4.78 is 5.36. The van der Waals surface area contributed by atoms with Crippen LogP contribution in [-0.4, -0.2) is 41.2 Å². The van der Waals surface area contributed by atoms with Crippen molar-refractivity contribution in [1.82, 2.24) is 9.88 Å². The van der Waals surface area contributed by atoms with Gasteiger partial charge >= 0.3 is 0 Å². The molecule has 128 valence electrons. The first-order valence-electron chi connectivity index (χ1n) is 9.06. The summed E-state index contributed by atoms with van der Waals surface area (Å²) in [7, 11) is 1.67. The Kier molecular flexibility index (Phi) is 4.19. The largest absolute Gasteiger partial charge is 0.497 e. The Morgan fingerprint density at radius 2 is 2.25 bits per heavy atom. The number of methoxy groups -OCH3 is 1. The summed E-state index contributed by atoms with van der Waals surface area (Å²) in [5.41, 5.74) is 1.89. The van der Waals surface area contributed by atoms with Gasteiger partial charge in [0.15, 0.2) is 0 Å². The second kappa shape index (κ2) is 6.34. The van der Waals surface area contributed by atoms with Gasteiger partial charge in [-0.1, -0.05) is 13.3 Å². The lowest BCUT2D eigenvalue weighted by atomic mass is 9.72. The van der Waals surface area contributed by atoms with Crippen molar-refractivity contribution in [3.63, 3.8) is 0 Å². The molecule has 0 spiro atoms. The number of aliphatic hydroxyl groups is 1. The van der Waals surface area contributed by atoms with Crippen molar-refractivity contribution < 1.29 is 9.84 Å². The third-order valence-corrected chi connectivity index (χ3v) is 6.13. The van der Waals surface area contributed by atoms with Crippen LogP contribution in [0, 0.1) is 11.8 Å². The van der Waals surface area contributed by atoms with Gasteiger partial charge in [-0.15, -0.1) is 0 Å². The maximum absolute atomic E-state index is 11.2. The second-order valence-electron chi connectivity index (χ2n) is 7.24. The van der Waals surface area contributed by atoms with Gasteiger partial charge in [-0.05, 0) is 61.1 Å². The van der Waals surface area contributed by atoms with Crippen LogP contribution in [0.1, 0.15) is 37.9 Å². The number of piperidine rings is 3. The number of rotatable bonds is 4. The number of ether oxygens (including phenoxy) is 1. The van der Waals surface area contributed by atoms with E-state index in [0.717, 1.165) is 53.6 Å². The lowest BCUT2D eigenvalue weighted by molar-refractivity contribution is -0.0562. The van der Waals surface area contributed by atoms with Crippen LogP contribution in [0.3, 0.4) is 0 Å². The molecule has 0 aliphatic carbocycles. The molecule has 4 heterocycles. The minimum atomic E-state index is -0.469. The highest BCUT2D eigenvalue weighted by Crippen LogP contribution is 2.42. The predicted octanol–water partition coefficient (Wildman–Crippen LogP) is 3.40. The Morgan fingerprint density at radius 3 is 2.96 bits per heavy atom. The molecule has 4 nitrogen and oxygen atoms in total. The molecule has 0 amide bonds. The van der Waals surface area contributed by atoms with Crippen molar-refractivity contribution in [2.75, 3.05) is 20.2 Å². The number of hydrogen-bond acceptors (Lipinski definition) is 4. The van der Waals surface area contributed by atoms with Crippen LogP contribution in [0.15, 0.2) is 30.5 Å². The Hall–Kier alpha value is -1.65. The summed E-state index contributed by atoms with van der Waals surface area (Å²) >= 11 is 0. The first kappa shape index (κ1) is 15.9. The minimum Gasteiger partial charge on any atom is -0.497 e. The van der Waals surface area contributed by atoms with E-state index in [4.69, 9.17) is 4.74 Å². The Labute approximate surface area is 143 Å². The number of pyridine rings is 1. The highest BCUT2D eigenvalue weighted by Gasteiger charge is 2.42. The molecule has 3 aliphatic rings. The summed E-state index contributed by atoms with van der Waals surface area (Å²) in [6.07, 6.45) is 4.97. The van der Waals surface area contributed by atoms with E-state index in [1.807, 2.05) is 24.3 Å². The molecule has 0 saturated carbocycles. The van der Waals surface area contributed by atoms with Crippen LogP contribution in [0.4, 0.5) is 0 Å². The van der Waals surface area contributed by atoms with Crippen molar-refractivity contribution >= 4 is 10.9 Å². The Morgan fingerprint density at radius 1 is 1.38 bits per heavy atom. The van der Waals surface area contributed by atoms with E-state index in [0.29, 0.717) is 0 Å². The highest BCUT2D eigenvalue weighted by atomic mass is 16.5. The number of fused-ring (bicyclic) bond motifs is 4. The molecule has 24 heavy (non-hydrogen) atoms. The molecule has 1 aromatic heterocycles. The molecule has 1 unspecified atom stereocenters. The van der Waals surface area contributed by atoms with Crippen LogP contribution < -0.4 is 4.74 Å². The number of hydrogen-bond donors (Lipinski definition) is 1. The fourth-order valence-electron chi connectivity index (χ4n) is 4.71. The van der Waals surface area contributed by atoms with Crippen LogP contribution in [-0.2, 0) is 0 Å². The van der Waals surface area contributed by atoms with Gasteiger partial charge in [0, 0.05) is 24.2 Å². The number of nitrogens with zero attached hydrogens (tertiary/aromatic N) is 2. The zero-order valence-electron chi connectivity index (χ0n) is 14.5. The van der Waals surface area contributed by atoms with Gasteiger partial charge in [0.1, 0.15) is 5.75 Å². The van der Waals surface area contributed by atoms with Gasteiger partial charge in [-0.25, -0.2) is 0 Å². The van der Waals surface area contributed by atoms with E-state index in [2.05, 4.69) is 16.8 Å². The summed E-state index contributed by atoms with van der Waals surface area (Å²) in [4.78, 5) is 6.94. The van der Waals surface area contributed by atoms with Gasteiger partial charge in [0.25, 0.3) is 0 Å². The second-order valence-corrected chi connectivity index (χ2v) is 7.24. The molecule has 2 aromatic rings. The van der Waals surface area contributed by atoms with Crippen LogP contribution >= 0.6 is 0 Å². The van der Waals surface area contributed by atoms with Gasteiger partial charge in [-0.2, -0.15) is 0 Å². The van der Waals surface area contributed by atoms with Crippen molar-refractivity contribution in [3.8, 4) is 5.75 Å². The zero-order chi connectivity index (χ0) is 16.7. The molecular formula is C20H26N2O2. The van der Waals surface area contributed by atoms with E-state index in [1.54, 1.807) is 13.3 Å². The zero-order valence-corrected chi connectivity index (χ0v) is 14.5. The first-order chi connectivity index (χ1) is 11.7. The maximum atomic E-state index is 11.2. The minimum absolute atomic E-state index is 0.225. The van der Waals surface area contributed by atoms with E-state index < -0.39 is 6.10 Å². The van der Waals surface area contributed by atoms with Crippen molar-refractivity contribution in [2.24, 2.45) is 11.8 Å². The van der Waals surface area contributed by atoms with Gasteiger partial charge in [0.2, 0.25) is 0 Å². The third kappa shape index (κ3) is 2.58. The molecular weight excluding hydrogens is 300 g/mol. The van der Waals surface area contributed by atoms with Gasteiger partial charge in [0.05, 0.1) is 18.7 Å². The van der Waals surface area contributed by atoms with Crippen molar-refractivity contribution in [2.45, 2.75) is 38.3 Å². The molecule has 5 rings (SSSR count).